The van der Waals surface area contributed by atoms with Gasteiger partial charge in [-0.1, -0.05) is 18.2 Å². The lowest BCUT2D eigenvalue weighted by molar-refractivity contribution is -0.149. The van der Waals surface area contributed by atoms with Gasteiger partial charge in [0.25, 0.3) is 11.8 Å². The van der Waals surface area contributed by atoms with E-state index in [4.69, 9.17) is 18.9 Å². The lowest BCUT2D eigenvalue weighted by Gasteiger charge is -2.12. The highest BCUT2D eigenvalue weighted by Gasteiger charge is 2.17. The maximum absolute atomic E-state index is 12.8. The van der Waals surface area contributed by atoms with Crippen LogP contribution in [-0.2, 0) is 14.3 Å². The van der Waals surface area contributed by atoms with Gasteiger partial charge in [-0.25, -0.2) is 4.79 Å². The minimum atomic E-state index is -0.687. The molecule has 0 aliphatic carbocycles. The van der Waals surface area contributed by atoms with Crippen LogP contribution in [0.2, 0.25) is 0 Å². The van der Waals surface area contributed by atoms with Crippen molar-refractivity contribution in [3.05, 3.63) is 77.4 Å². The maximum Gasteiger partial charge on any atom is 0.344 e. The highest BCUT2D eigenvalue weighted by molar-refractivity contribution is 6.10. The number of aryl methyl sites for hydroxylation is 2. The summed E-state index contributed by atoms with van der Waals surface area (Å²) in [4.78, 5) is 37.2. The SMILES string of the molecule is Cc1cc(C)cc(OCC(=O)OCC(=O)Nc2ccccc2C(=O)Nc2ccc3c(c2)OCO3)c1. The zero-order valence-electron chi connectivity index (χ0n) is 19.3. The van der Waals surface area contributed by atoms with Gasteiger partial charge in [-0.3, -0.25) is 9.59 Å². The molecule has 0 spiro atoms. The molecule has 0 atom stereocenters. The van der Waals surface area contributed by atoms with Crippen LogP contribution in [0.3, 0.4) is 0 Å². The monoisotopic (exact) mass is 476 g/mol. The minimum absolute atomic E-state index is 0.129. The van der Waals surface area contributed by atoms with E-state index in [1.807, 2.05) is 19.9 Å². The minimum Gasteiger partial charge on any atom is -0.482 e. The lowest BCUT2D eigenvalue weighted by Crippen LogP contribution is -2.25. The first-order valence-corrected chi connectivity index (χ1v) is 10.8. The van der Waals surface area contributed by atoms with Crippen LogP contribution >= 0.6 is 0 Å². The van der Waals surface area contributed by atoms with Crippen molar-refractivity contribution in [2.75, 3.05) is 30.6 Å². The Bertz CT molecular complexity index is 1250. The highest BCUT2D eigenvalue weighted by Crippen LogP contribution is 2.34. The summed E-state index contributed by atoms with van der Waals surface area (Å²) < 4.78 is 21.0. The van der Waals surface area contributed by atoms with Crippen molar-refractivity contribution in [2.24, 2.45) is 0 Å². The van der Waals surface area contributed by atoms with Crippen LogP contribution in [-0.4, -0.2) is 37.8 Å². The third kappa shape index (κ3) is 6.29. The van der Waals surface area contributed by atoms with Crippen molar-refractivity contribution in [3.63, 3.8) is 0 Å². The normalized spacial score (nSPS) is 11.5. The number of hydrogen-bond acceptors (Lipinski definition) is 7. The number of amides is 2. The van der Waals surface area contributed by atoms with Crippen LogP contribution in [0.15, 0.2) is 60.7 Å². The molecule has 1 aliphatic heterocycles. The summed E-state index contributed by atoms with van der Waals surface area (Å²) in [6.07, 6.45) is 0. The van der Waals surface area contributed by atoms with Gasteiger partial charge in [-0.05, 0) is 61.4 Å². The van der Waals surface area contributed by atoms with Gasteiger partial charge in [0.15, 0.2) is 24.7 Å². The Kier molecular flexibility index (Phi) is 7.15. The van der Waals surface area contributed by atoms with Gasteiger partial charge in [0.05, 0.1) is 11.3 Å². The second kappa shape index (κ2) is 10.6. The van der Waals surface area contributed by atoms with E-state index < -0.39 is 24.4 Å². The average Bonchev–Trinajstić information content (AvgIpc) is 3.29. The molecule has 3 aromatic rings. The molecule has 0 fully saturated rings. The molecule has 9 nitrogen and oxygen atoms in total. The third-order valence-electron chi connectivity index (χ3n) is 4.99. The summed E-state index contributed by atoms with van der Waals surface area (Å²) in [6, 6.07) is 17.1. The zero-order valence-corrected chi connectivity index (χ0v) is 19.3. The lowest BCUT2D eigenvalue weighted by atomic mass is 10.1. The maximum atomic E-state index is 12.8. The quantitative estimate of drug-likeness (QED) is 0.475. The molecule has 1 aliphatic rings. The number of anilines is 2. The number of nitrogens with one attached hydrogen (secondary N) is 2. The van der Waals surface area contributed by atoms with Crippen LogP contribution < -0.4 is 24.8 Å². The van der Waals surface area contributed by atoms with Crippen molar-refractivity contribution in [2.45, 2.75) is 13.8 Å². The Morgan fingerprint density at radius 2 is 1.60 bits per heavy atom. The number of rotatable bonds is 8. The largest absolute Gasteiger partial charge is 0.482 e. The van der Waals surface area contributed by atoms with E-state index in [1.165, 1.54) is 0 Å². The predicted octanol–water partition coefficient (Wildman–Crippen LogP) is 3.85. The summed E-state index contributed by atoms with van der Waals surface area (Å²) in [5.74, 6) is -0.0246. The van der Waals surface area contributed by atoms with Gasteiger partial charge in [-0.15, -0.1) is 0 Å². The second-order valence-corrected chi connectivity index (χ2v) is 7.89. The standard InChI is InChI=1S/C26H24N2O7/c1-16-9-17(2)11-19(10-16)32-14-25(30)33-13-24(29)28-21-6-4-3-5-20(21)26(31)27-18-7-8-22-23(12-18)35-15-34-22/h3-12H,13-15H2,1-2H3,(H,27,31)(H,28,29). The first-order valence-electron chi connectivity index (χ1n) is 10.8. The van der Waals surface area contributed by atoms with Gasteiger partial charge < -0.3 is 29.6 Å². The summed E-state index contributed by atoms with van der Waals surface area (Å²) in [5, 5.41) is 5.36. The van der Waals surface area contributed by atoms with Crippen molar-refractivity contribution in [3.8, 4) is 17.2 Å². The fraction of sp³-hybridized carbons (Fsp3) is 0.192. The topological polar surface area (TPSA) is 112 Å². The van der Waals surface area contributed by atoms with E-state index in [0.29, 0.717) is 22.9 Å². The van der Waals surface area contributed by atoms with E-state index in [2.05, 4.69) is 10.6 Å². The fourth-order valence-electron chi connectivity index (χ4n) is 3.50. The molecule has 1 heterocycles. The third-order valence-corrected chi connectivity index (χ3v) is 4.99. The second-order valence-electron chi connectivity index (χ2n) is 7.89. The Hall–Kier alpha value is -4.53. The highest BCUT2D eigenvalue weighted by atomic mass is 16.7. The smallest absolute Gasteiger partial charge is 0.344 e. The molecular weight excluding hydrogens is 452 g/mol. The first-order chi connectivity index (χ1) is 16.9. The summed E-state index contributed by atoms with van der Waals surface area (Å²) in [7, 11) is 0. The number of carbonyl (C=O) groups excluding carboxylic acids is 3. The van der Waals surface area contributed by atoms with E-state index in [0.717, 1.165) is 11.1 Å². The van der Waals surface area contributed by atoms with Crippen LogP contribution in [0.4, 0.5) is 11.4 Å². The Morgan fingerprint density at radius 3 is 2.40 bits per heavy atom. The molecule has 4 rings (SSSR count). The van der Waals surface area contributed by atoms with Gasteiger partial charge in [0.2, 0.25) is 6.79 Å². The fourth-order valence-corrected chi connectivity index (χ4v) is 3.50. The average molecular weight is 476 g/mol. The Morgan fingerprint density at radius 1 is 0.857 bits per heavy atom. The molecular formula is C26H24N2O7. The molecule has 2 N–H and O–H groups in total. The number of fused-ring (bicyclic) bond motifs is 1. The molecule has 3 aromatic carbocycles. The molecule has 0 saturated carbocycles. The van der Waals surface area contributed by atoms with Crippen molar-refractivity contribution in [1.29, 1.82) is 0 Å². The van der Waals surface area contributed by atoms with Gasteiger partial charge in [-0.2, -0.15) is 0 Å². The Balaban J connectivity index is 1.30. The summed E-state index contributed by atoms with van der Waals surface area (Å²) in [6.45, 7) is 3.13. The molecule has 2 amide bonds. The van der Waals surface area contributed by atoms with Crippen molar-refractivity contribution >= 4 is 29.2 Å². The first kappa shape index (κ1) is 23.6. The number of benzene rings is 3. The van der Waals surface area contributed by atoms with Crippen LogP contribution in [0.1, 0.15) is 21.5 Å². The van der Waals surface area contributed by atoms with E-state index in [-0.39, 0.29) is 24.7 Å². The van der Waals surface area contributed by atoms with E-state index >= 15 is 0 Å². The molecule has 0 unspecified atom stereocenters. The van der Waals surface area contributed by atoms with Crippen LogP contribution in [0, 0.1) is 13.8 Å². The molecule has 0 saturated heterocycles. The van der Waals surface area contributed by atoms with Crippen LogP contribution in [0.25, 0.3) is 0 Å². The molecule has 180 valence electrons. The van der Waals surface area contributed by atoms with Gasteiger partial charge >= 0.3 is 5.97 Å². The van der Waals surface area contributed by atoms with E-state index in [1.54, 1.807) is 54.6 Å². The molecule has 0 radical (unpaired) electrons. The number of para-hydroxylation sites is 1. The molecule has 0 aromatic heterocycles. The molecule has 35 heavy (non-hydrogen) atoms. The summed E-state index contributed by atoms with van der Waals surface area (Å²) >= 11 is 0. The molecule has 0 bridgehead atoms. The van der Waals surface area contributed by atoms with Crippen LogP contribution in [0.5, 0.6) is 17.2 Å². The zero-order chi connectivity index (χ0) is 24.8. The van der Waals surface area contributed by atoms with Crippen molar-refractivity contribution < 1.29 is 33.3 Å². The number of hydrogen-bond donors (Lipinski definition) is 2. The number of ether oxygens (including phenoxy) is 4. The predicted molar refractivity (Wildman–Crippen MR) is 128 cm³/mol. The van der Waals surface area contributed by atoms with Gasteiger partial charge in [0, 0.05) is 11.8 Å². The number of carbonyl (C=O) groups is 3. The summed E-state index contributed by atoms with van der Waals surface area (Å²) in [5.41, 5.74) is 3.04. The van der Waals surface area contributed by atoms with Gasteiger partial charge in [0.1, 0.15) is 5.75 Å². The number of esters is 1. The molecule has 9 heteroatoms. The van der Waals surface area contributed by atoms with Crippen molar-refractivity contribution in [1.82, 2.24) is 0 Å². The Labute approximate surface area is 201 Å². The van der Waals surface area contributed by atoms with E-state index in [9.17, 15) is 14.4 Å².